The van der Waals surface area contributed by atoms with E-state index in [1.165, 1.54) is 32.1 Å². The van der Waals surface area contributed by atoms with Crippen LogP contribution < -0.4 is 0 Å². The summed E-state index contributed by atoms with van der Waals surface area (Å²) in [6.45, 7) is 4.88. The molecule has 0 heteroatoms. The van der Waals surface area contributed by atoms with Gasteiger partial charge in [-0.25, -0.2) is 0 Å². The molecule has 2 rings (SSSR count). The first-order valence-electron chi connectivity index (χ1n) is 6.79. The van der Waals surface area contributed by atoms with Crippen molar-refractivity contribution in [3.63, 3.8) is 0 Å². The summed E-state index contributed by atoms with van der Waals surface area (Å²) < 4.78 is 0. The van der Waals surface area contributed by atoms with Gasteiger partial charge >= 0.3 is 0 Å². The second-order valence-corrected chi connectivity index (χ2v) is 5.90. The average Bonchev–Trinajstić information content (AvgIpc) is 2.70. The summed E-state index contributed by atoms with van der Waals surface area (Å²) in [7, 11) is 0. The smallest absolute Gasteiger partial charge is 0.0355 e. The molecule has 0 nitrogen and oxygen atoms in total. The summed E-state index contributed by atoms with van der Waals surface area (Å²) in [5.74, 6) is 4.21. The molecule has 0 aromatic carbocycles. The van der Waals surface area contributed by atoms with Crippen molar-refractivity contribution in [1.29, 1.82) is 0 Å². The van der Waals surface area contributed by atoms with Crippen molar-refractivity contribution in [2.24, 2.45) is 23.7 Å². The number of hydrogen-bond acceptors (Lipinski definition) is 0. The van der Waals surface area contributed by atoms with Crippen LogP contribution in [0.1, 0.15) is 65.2 Å². The van der Waals surface area contributed by atoms with Crippen molar-refractivity contribution < 1.29 is 0 Å². The summed E-state index contributed by atoms with van der Waals surface area (Å²) in [6.07, 6.45) is 12.2. The monoisotopic (exact) mass is 194 g/mol. The third-order valence-electron chi connectivity index (χ3n) is 4.74. The third kappa shape index (κ3) is 2.15. The SMILES string of the molecule is CC(C)[C@H]1CCCC[C@H]1C1CCCC1. The lowest BCUT2D eigenvalue weighted by Gasteiger charge is -2.38. The van der Waals surface area contributed by atoms with Gasteiger partial charge in [0.25, 0.3) is 0 Å². The molecule has 0 heterocycles. The normalized spacial score (nSPS) is 35.4. The summed E-state index contributed by atoms with van der Waals surface area (Å²) in [6, 6.07) is 0. The van der Waals surface area contributed by atoms with E-state index in [-0.39, 0.29) is 0 Å². The molecule has 2 aliphatic rings. The molecule has 0 aromatic rings. The summed E-state index contributed by atoms with van der Waals surface area (Å²) in [5.41, 5.74) is 0. The van der Waals surface area contributed by atoms with E-state index in [1.54, 1.807) is 19.3 Å². The van der Waals surface area contributed by atoms with E-state index in [2.05, 4.69) is 13.8 Å². The van der Waals surface area contributed by atoms with Gasteiger partial charge in [0.2, 0.25) is 0 Å². The number of rotatable bonds is 2. The molecule has 2 saturated carbocycles. The van der Waals surface area contributed by atoms with Crippen LogP contribution in [0.4, 0.5) is 0 Å². The van der Waals surface area contributed by atoms with Gasteiger partial charge in [-0.05, 0) is 36.5 Å². The Kier molecular flexibility index (Phi) is 3.52. The molecule has 2 atom stereocenters. The molecular formula is C14H26. The molecule has 2 fully saturated rings. The van der Waals surface area contributed by atoms with Crippen molar-refractivity contribution in [2.45, 2.75) is 65.2 Å². The van der Waals surface area contributed by atoms with Gasteiger partial charge in [-0.1, -0.05) is 52.4 Å². The second kappa shape index (κ2) is 4.68. The van der Waals surface area contributed by atoms with E-state index in [9.17, 15) is 0 Å². The first-order chi connectivity index (χ1) is 6.79. The van der Waals surface area contributed by atoms with Gasteiger partial charge in [0.05, 0.1) is 0 Å². The molecule has 0 spiro atoms. The average molecular weight is 194 g/mol. The zero-order valence-electron chi connectivity index (χ0n) is 9.97. The third-order valence-corrected chi connectivity index (χ3v) is 4.74. The van der Waals surface area contributed by atoms with Crippen LogP contribution in [0, 0.1) is 23.7 Å². The Morgan fingerprint density at radius 2 is 1.36 bits per heavy atom. The Labute approximate surface area is 89.5 Å². The minimum Gasteiger partial charge on any atom is -0.0625 e. The summed E-state index contributed by atoms with van der Waals surface area (Å²) in [4.78, 5) is 0. The van der Waals surface area contributed by atoms with Crippen LogP contribution in [-0.2, 0) is 0 Å². The van der Waals surface area contributed by atoms with Crippen molar-refractivity contribution in [3.05, 3.63) is 0 Å². The first kappa shape index (κ1) is 10.5. The molecule has 82 valence electrons. The standard InChI is InChI=1S/C14H26/c1-11(2)13-9-5-6-10-14(13)12-7-3-4-8-12/h11-14H,3-10H2,1-2H3/t13-,14+/m1/s1. The maximum atomic E-state index is 2.44. The van der Waals surface area contributed by atoms with E-state index in [4.69, 9.17) is 0 Å². The Balaban J connectivity index is 1.98. The fourth-order valence-electron chi connectivity index (χ4n) is 3.99. The van der Waals surface area contributed by atoms with Crippen molar-refractivity contribution in [1.82, 2.24) is 0 Å². The molecule has 0 unspecified atom stereocenters. The van der Waals surface area contributed by atoms with E-state index in [0.717, 1.165) is 23.7 Å². The minimum absolute atomic E-state index is 0.931. The molecule has 2 aliphatic carbocycles. The molecule has 0 N–H and O–H groups in total. The van der Waals surface area contributed by atoms with Crippen molar-refractivity contribution in [2.75, 3.05) is 0 Å². The fraction of sp³-hybridized carbons (Fsp3) is 1.00. The van der Waals surface area contributed by atoms with E-state index in [1.807, 2.05) is 0 Å². The Morgan fingerprint density at radius 3 is 2.00 bits per heavy atom. The molecule has 0 bridgehead atoms. The molecule has 0 amide bonds. The van der Waals surface area contributed by atoms with E-state index >= 15 is 0 Å². The van der Waals surface area contributed by atoms with Gasteiger partial charge in [0, 0.05) is 0 Å². The maximum absolute atomic E-state index is 2.44. The first-order valence-corrected chi connectivity index (χ1v) is 6.79. The Morgan fingerprint density at radius 1 is 0.786 bits per heavy atom. The van der Waals surface area contributed by atoms with Gasteiger partial charge < -0.3 is 0 Å². The van der Waals surface area contributed by atoms with Crippen molar-refractivity contribution in [3.8, 4) is 0 Å². The van der Waals surface area contributed by atoms with Crippen LogP contribution in [-0.4, -0.2) is 0 Å². The van der Waals surface area contributed by atoms with Crippen LogP contribution in [0.25, 0.3) is 0 Å². The molecule has 14 heavy (non-hydrogen) atoms. The topological polar surface area (TPSA) is 0 Å². The Hall–Kier alpha value is 0. The van der Waals surface area contributed by atoms with Gasteiger partial charge in [0.15, 0.2) is 0 Å². The Bertz CT molecular complexity index is 165. The number of hydrogen-bond donors (Lipinski definition) is 0. The zero-order valence-corrected chi connectivity index (χ0v) is 9.97. The van der Waals surface area contributed by atoms with Gasteiger partial charge in [-0.15, -0.1) is 0 Å². The quantitative estimate of drug-likeness (QED) is 0.601. The highest BCUT2D eigenvalue weighted by Gasteiger charge is 2.34. The summed E-state index contributed by atoms with van der Waals surface area (Å²) in [5, 5.41) is 0. The lowest BCUT2D eigenvalue weighted by Crippen LogP contribution is -2.29. The second-order valence-electron chi connectivity index (χ2n) is 5.90. The lowest BCUT2D eigenvalue weighted by atomic mass is 9.68. The van der Waals surface area contributed by atoms with Crippen LogP contribution in [0.3, 0.4) is 0 Å². The predicted molar refractivity (Wildman–Crippen MR) is 62.2 cm³/mol. The molecule has 0 radical (unpaired) electrons. The maximum Gasteiger partial charge on any atom is -0.0355 e. The van der Waals surface area contributed by atoms with Gasteiger partial charge in [0.1, 0.15) is 0 Å². The van der Waals surface area contributed by atoms with E-state index < -0.39 is 0 Å². The van der Waals surface area contributed by atoms with Crippen LogP contribution in [0.5, 0.6) is 0 Å². The van der Waals surface area contributed by atoms with Crippen LogP contribution >= 0.6 is 0 Å². The van der Waals surface area contributed by atoms with Gasteiger partial charge in [-0.2, -0.15) is 0 Å². The largest absolute Gasteiger partial charge is 0.0625 e. The summed E-state index contributed by atoms with van der Waals surface area (Å²) >= 11 is 0. The highest BCUT2D eigenvalue weighted by atomic mass is 14.4. The highest BCUT2D eigenvalue weighted by molar-refractivity contribution is 4.84. The molecule has 0 aromatic heterocycles. The van der Waals surface area contributed by atoms with Crippen LogP contribution in [0.15, 0.2) is 0 Å². The highest BCUT2D eigenvalue weighted by Crippen LogP contribution is 2.44. The molecule has 0 saturated heterocycles. The van der Waals surface area contributed by atoms with E-state index in [0.29, 0.717) is 0 Å². The van der Waals surface area contributed by atoms with Crippen LogP contribution in [0.2, 0.25) is 0 Å². The molecular weight excluding hydrogens is 168 g/mol. The molecule has 0 aliphatic heterocycles. The lowest BCUT2D eigenvalue weighted by molar-refractivity contribution is 0.122. The minimum atomic E-state index is 0.931. The zero-order chi connectivity index (χ0) is 9.97. The fourth-order valence-corrected chi connectivity index (χ4v) is 3.99. The van der Waals surface area contributed by atoms with Gasteiger partial charge in [-0.3, -0.25) is 0 Å². The van der Waals surface area contributed by atoms with Crippen molar-refractivity contribution >= 4 is 0 Å². The predicted octanol–water partition coefficient (Wildman–Crippen LogP) is 4.64.